The Morgan fingerprint density at radius 3 is 1.64 bits per heavy atom. The van der Waals surface area contributed by atoms with Gasteiger partial charge in [-0.25, -0.2) is 0 Å². The molecule has 5 atom stereocenters. The summed E-state index contributed by atoms with van der Waals surface area (Å²) < 4.78 is 18.7. The minimum absolute atomic E-state index is 0.0343. The first-order chi connectivity index (χ1) is 16.2. The van der Waals surface area contributed by atoms with Gasteiger partial charge in [0, 0.05) is 5.92 Å². The molecule has 1 fully saturated rings. The van der Waals surface area contributed by atoms with Gasteiger partial charge in [-0.3, -0.25) is 0 Å². The van der Waals surface area contributed by atoms with Crippen molar-refractivity contribution in [2.45, 2.75) is 50.6 Å². The average Bonchev–Trinajstić information content (AvgIpc) is 2.86. The maximum absolute atomic E-state index is 10.7. The normalized spacial score (nSPS) is 25.1. The molecule has 4 rings (SSSR count). The van der Waals surface area contributed by atoms with Crippen molar-refractivity contribution >= 4 is 0 Å². The van der Waals surface area contributed by atoms with E-state index in [2.05, 4.69) is 0 Å². The van der Waals surface area contributed by atoms with Crippen LogP contribution in [0.2, 0.25) is 0 Å². The van der Waals surface area contributed by atoms with Gasteiger partial charge in [0.2, 0.25) is 0 Å². The largest absolute Gasteiger partial charge is 0.391 e. The van der Waals surface area contributed by atoms with Crippen LogP contribution in [0.3, 0.4) is 0 Å². The van der Waals surface area contributed by atoms with E-state index < -0.39 is 18.2 Å². The van der Waals surface area contributed by atoms with Crippen LogP contribution >= 0.6 is 0 Å². The number of rotatable bonds is 10. The molecular formula is C28H33NO4. The van der Waals surface area contributed by atoms with Crippen LogP contribution in [0.15, 0.2) is 91.0 Å². The van der Waals surface area contributed by atoms with Crippen LogP contribution in [0.5, 0.6) is 0 Å². The van der Waals surface area contributed by atoms with E-state index in [0.717, 1.165) is 16.7 Å². The van der Waals surface area contributed by atoms with Gasteiger partial charge in [0.1, 0.15) is 6.10 Å². The minimum atomic E-state index is -0.673. The van der Waals surface area contributed by atoms with Gasteiger partial charge >= 0.3 is 0 Å². The predicted molar refractivity (Wildman–Crippen MR) is 128 cm³/mol. The van der Waals surface area contributed by atoms with Crippen LogP contribution < -0.4 is 5.73 Å². The molecule has 1 unspecified atom stereocenters. The van der Waals surface area contributed by atoms with Crippen molar-refractivity contribution in [3.05, 3.63) is 108 Å². The van der Waals surface area contributed by atoms with E-state index in [0.29, 0.717) is 32.8 Å². The number of aliphatic hydroxyl groups is 1. The lowest BCUT2D eigenvalue weighted by atomic mass is 9.79. The molecule has 3 N–H and O–H groups in total. The molecule has 0 radical (unpaired) electrons. The molecular weight excluding hydrogens is 414 g/mol. The highest BCUT2D eigenvalue weighted by Gasteiger charge is 2.44. The van der Waals surface area contributed by atoms with Gasteiger partial charge in [-0.2, -0.15) is 0 Å². The maximum atomic E-state index is 10.7. The first-order valence-electron chi connectivity index (χ1n) is 11.6. The predicted octanol–water partition coefficient (Wildman–Crippen LogP) is 4.08. The Bertz CT molecular complexity index is 938. The third-order valence-electron chi connectivity index (χ3n) is 6.17. The molecule has 0 spiro atoms. The van der Waals surface area contributed by atoms with Crippen molar-refractivity contribution in [3.63, 3.8) is 0 Å². The van der Waals surface area contributed by atoms with Crippen LogP contribution in [0.4, 0.5) is 0 Å². The molecule has 5 nitrogen and oxygen atoms in total. The fourth-order valence-corrected chi connectivity index (χ4v) is 4.34. The maximum Gasteiger partial charge on any atom is 0.102 e. The number of nitrogens with two attached hydrogens (primary N) is 1. The lowest BCUT2D eigenvalue weighted by molar-refractivity contribution is -0.169. The van der Waals surface area contributed by atoms with E-state index in [4.69, 9.17) is 19.9 Å². The molecule has 3 aromatic carbocycles. The lowest BCUT2D eigenvalue weighted by Gasteiger charge is -2.43. The number of benzene rings is 3. The summed E-state index contributed by atoms with van der Waals surface area (Å²) in [7, 11) is 0. The zero-order valence-corrected chi connectivity index (χ0v) is 18.8. The molecule has 0 saturated heterocycles. The van der Waals surface area contributed by atoms with Crippen LogP contribution in [0.25, 0.3) is 0 Å². The summed E-state index contributed by atoms with van der Waals surface area (Å²) in [4.78, 5) is 0. The highest BCUT2D eigenvalue weighted by atomic mass is 16.5. The molecule has 33 heavy (non-hydrogen) atoms. The van der Waals surface area contributed by atoms with E-state index in [1.165, 1.54) is 0 Å². The van der Waals surface area contributed by atoms with E-state index in [1.54, 1.807) is 0 Å². The SMILES string of the molecule is N[C@@H]1[C@@H](OCc2ccccc2)[C@H](OCc2ccccc2)C(COCc2ccccc2)C[C@H]1O. The summed E-state index contributed by atoms with van der Waals surface area (Å²) >= 11 is 0. The van der Waals surface area contributed by atoms with E-state index >= 15 is 0 Å². The first-order valence-corrected chi connectivity index (χ1v) is 11.6. The van der Waals surface area contributed by atoms with Crippen LogP contribution in [-0.2, 0) is 34.0 Å². The third kappa shape index (κ3) is 6.73. The quantitative estimate of drug-likeness (QED) is 0.490. The lowest BCUT2D eigenvalue weighted by Crippen LogP contribution is -2.60. The van der Waals surface area contributed by atoms with Gasteiger partial charge < -0.3 is 25.1 Å². The second-order valence-electron chi connectivity index (χ2n) is 8.66. The number of ether oxygens (including phenoxy) is 3. The fraction of sp³-hybridized carbons (Fsp3) is 0.357. The summed E-state index contributed by atoms with van der Waals surface area (Å²) in [5.41, 5.74) is 9.69. The molecule has 1 aliphatic rings. The van der Waals surface area contributed by atoms with Crippen LogP contribution in [0.1, 0.15) is 23.1 Å². The summed E-state index contributed by atoms with van der Waals surface area (Å²) in [5.74, 6) is -0.0343. The fourth-order valence-electron chi connectivity index (χ4n) is 4.34. The minimum Gasteiger partial charge on any atom is -0.391 e. The topological polar surface area (TPSA) is 73.9 Å². The Labute approximate surface area is 196 Å². The molecule has 0 heterocycles. The molecule has 5 heteroatoms. The number of aliphatic hydroxyl groups excluding tert-OH is 1. The Morgan fingerprint density at radius 1 is 0.667 bits per heavy atom. The van der Waals surface area contributed by atoms with Crippen LogP contribution in [-0.4, -0.2) is 36.1 Å². The smallest absolute Gasteiger partial charge is 0.102 e. The number of hydrogen-bond donors (Lipinski definition) is 2. The van der Waals surface area contributed by atoms with Crippen LogP contribution in [0, 0.1) is 5.92 Å². The molecule has 0 aromatic heterocycles. The second kappa shape index (κ2) is 12.1. The molecule has 174 valence electrons. The molecule has 3 aromatic rings. The Kier molecular flexibility index (Phi) is 8.64. The standard InChI is InChI=1S/C28H33NO4/c29-26-25(30)16-24(20-31-17-21-10-4-1-5-11-21)27(32-18-22-12-6-2-7-13-22)28(26)33-19-23-14-8-3-9-15-23/h1-15,24-28,30H,16-20,29H2/t24?,25-,26+,27-,28-/m1/s1. The average molecular weight is 448 g/mol. The summed E-state index contributed by atoms with van der Waals surface area (Å²) in [5, 5.41) is 10.7. The van der Waals surface area contributed by atoms with E-state index in [9.17, 15) is 5.11 Å². The van der Waals surface area contributed by atoms with Crippen molar-refractivity contribution < 1.29 is 19.3 Å². The van der Waals surface area contributed by atoms with Crippen molar-refractivity contribution in [1.29, 1.82) is 0 Å². The van der Waals surface area contributed by atoms with E-state index in [-0.39, 0.29) is 12.0 Å². The molecule has 0 aliphatic heterocycles. The molecule has 1 saturated carbocycles. The second-order valence-corrected chi connectivity index (χ2v) is 8.66. The molecule has 1 aliphatic carbocycles. The highest BCUT2D eigenvalue weighted by Crippen LogP contribution is 2.31. The zero-order chi connectivity index (χ0) is 22.9. The number of hydrogen-bond acceptors (Lipinski definition) is 5. The van der Waals surface area contributed by atoms with Gasteiger partial charge in [-0.1, -0.05) is 91.0 Å². The van der Waals surface area contributed by atoms with Gasteiger partial charge in [0.25, 0.3) is 0 Å². The van der Waals surface area contributed by atoms with Gasteiger partial charge in [0.15, 0.2) is 0 Å². The van der Waals surface area contributed by atoms with Crippen molar-refractivity contribution in [2.75, 3.05) is 6.61 Å². The Morgan fingerprint density at radius 2 is 1.12 bits per heavy atom. The van der Waals surface area contributed by atoms with Gasteiger partial charge in [-0.15, -0.1) is 0 Å². The van der Waals surface area contributed by atoms with Crippen molar-refractivity contribution in [1.82, 2.24) is 0 Å². The first kappa shape index (κ1) is 23.6. The Hall–Kier alpha value is -2.54. The van der Waals surface area contributed by atoms with Crippen molar-refractivity contribution in [2.24, 2.45) is 11.7 Å². The third-order valence-corrected chi connectivity index (χ3v) is 6.17. The van der Waals surface area contributed by atoms with Gasteiger partial charge in [-0.05, 0) is 23.1 Å². The molecule has 0 bridgehead atoms. The Balaban J connectivity index is 1.46. The molecule has 0 amide bonds. The van der Waals surface area contributed by atoms with Crippen molar-refractivity contribution in [3.8, 4) is 0 Å². The summed E-state index contributed by atoms with van der Waals surface area (Å²) in [6.07, 6.45) is -0.889. The monoisotopic (exact) mass is 447 g/mol. The van der Waals surface area contributed by atoms with Gasteiger partial charge in [0.05, 0.1) is 44.7 Å². The van der Waals surface area contributed by atoms with E-state index in [1.807, 2.05) is 91.0 Å². The zero-order valence-electron chi connectivity index (χ0n) is 18.8. The summed E-state index contributed by atoms with van der Waals surface area (Å²) in [6.45, 7) is 1.84. The summed E-state index contributed by atoms with van der Waals surface area (Å²) in [6, 6.07) is 29.6. The highest BCUT2D eigenvalue weighted by molar-refractivity contribution is 5.15.